The minimum Gasteiger partial charge on any atom is -0.435 e. The number of nitrogens with zero attached hydrogens (tertiary/aromatic N) is 4. The molecule has 0 radical (unpaired) electrons. The van der Waals surface area contributed by atoms with E-state index in [9.17, 15) is 0 Å². The molecular formula is C48H30N4O. The van der Waals surface area contributed by atoms with Crippen LogP contribution >= 0.6 is 0 Å². The SMILES string of the molecule is c1ccc(-c2cccc(-c3nc(-c4ccccc4)nc(-c4ccc5c(ccc6ccc7nc(-c8cccc(-c9ccccc9)c8)oc7c65)c4)n3)c2)cc1. The van der Waals surface area contributed by atoms with Crippen molar-refractivity contribution in [1.82, 2.24) is 19.9 Å². The van der Waals surface area contributed by atoms with Crippen molar-refractivity contribution in [2.75, 3.05) is 0 Å². The van der Waals surface area contributed by atoms with Crippen LogP contribution < -0.4 is 0 Å². The second-order valence-corrected chi connectivity index (χ2v) is 13.1. The Hall–Kier alpha value is -7.24. The molecule has 0 aliphatic heterocycles. The molecule has 5 heteroatoms. The number of oxazole rings is 1. The summed E-state index contributed by atoms with van der Waals surface area (Å²) in [7, 11) is 0. The lowest BCUT2D eigenvalue weighted by atomic mass is 9.99. The Bertz CT molecular complexity index is 2940. The maximum Gasteiger partial charge on any atom is 0.227 e. The topological polar surface area (TPSA) is 64.7 Å². The van der Waals surface area contributed by atoms with Crippen molar-refractivity contribution in [2.24, 2.45) is 0 Å². The third-order valence-electron chi connectivity index (χ3n) is 9.72. The van der Waals surface area contributed by atoms with Crippen molar-refractivity contribution in [3.8, 4) is 67.9 Å². The van der Waals surface area contributed by atoms with Crippen LogP contribution in [0.3, 0.4) is 0 Å². The zero-order chi connectivity index (χ0) is 35.1. The van der Waals surface area contributed by atoms with Crippen LogP contribution in [-0.4, -0.2) is 19.9 Å². The summed E-state index contributed by atoms with van der Waals surface area (Å²) in [5.41, 5.74) is 9.81. The van der Waals surface area contributed by atoms with Crippen molar-refractivity contribution in [3.63, 3.8) is 0 Å². The maximum atomic E-state index is 6.61. The van der Waals surface area contributed by atoms with E-state index in [4.69, 9.17) is 24.4 Å². The van der Waals surface area contributed by atoms with E-state index in [1.807, 2.05) is 54.6 Å². The monoisotopic (exact) mass is 678 g/mol. The largest absolute Gasteiger partial charge is 0.435 e. The minimum atomic E-state index is 0.599. The van der Waals surface area contributed by atoms with Crippen molar-refractivity contribution < 1.29 is 4.42 Å². The van der Waals surface area contributed by atoms with Crippen LogP contribution in [0.4, 0.5) is 0 Å². The second-order valence-electron chi connectivity index (χ2n) is 13.1. The molecule has 2 aromatic heterocycles. The molecule has 8 aromatic carbocycles. The summed E-state index contributed by atoms with van der Waals surface area (Å²) in [4.78, 5) is 20.0. The number of aromatic nitrogens is 4. The molecule has 248 valence electrons. The molecule has 0 aliphatic carbocycles. The van der Waals surface area contributed by atoms with Crippen LogP contribution in [0, 0.1) is 0 Å². The Kier molecular flexibility index (Phi) is 7.40. The predicted octanol–water partition coefficient (Wildman–Crippen LogP) is 12.3. The molecule has 0 bridgehead atoms. The number of hydrogen-bond acceptors (Lipinski definition) is 5. The lowest BCUT2D eigenvalue weighted by Crippen LogP contribution is -2.00. The molecular weight excluding hydrogens is 649 g/mol. The van der Waals surface area contributed by atoms with Gasteiger partial charge in [-0.3, -0.25) is 0 Å². The van der Waals surface area contributed by atoms with Gasteiger partial charge in [0.25, 0.3) is 0 Å². The molecule has 5 nitrogen and oxygen atoms in total. The van der Waals surface area contributed by atoms with Crippen LogP contribution in [0.25, 0.3) is 101 Å². The average Bonchev–Trinajstić information content (AvgIpc) is 3.69. The summed E-state index contributed by atoms with van der Waals surface area (Å²) in [6.45, 7) is 0. The molecule has 0 atom stereocenters. The number of hydrogen-bond donors (Lipinski definition) is 0. The van der Waals surface area contributed by atoms with Gasteiger partial charge in [-0.25, -0.2) is 19.9 Å². The molecule has 53 heavy (non-hydrogen) atoms. The van der Waals surface area contributed by atoms with Gasteiger partial charge >= 0.3 is 0 Å². The number of rotatable bonds is 6. The van der Waals surface area contributed by atoms with Gasteiger partial charge in [-0.15, -0.1) is 0 Å². The summed E-state index contributed by atoms with van der Waals surface area (Å²) >= 11 is 0. The van der Waals surface area contributed by atoms with Crippen molar-refractivity contribution in [2.45, 2.75) is 0 Å². The second kappa shape index (κ2) is 12.8. The zero-order valence-corrected chi connectivity index (χ0v) is 28.5. The summed E-state index contributed by atoms with van der Waals surface area (Å²) in [5, 5.41) is 4.25. The van der Waals surface area contributed by atoms with E-state index < -0.39 is 0 Å². The fourth-order valence-electron chi connectivity index (χ4n) is 7.08. The first-order chi connectivity index (χ1) is 26.2. The third kappa shape index (κ3) is 5.71. The first kappa shape index (κ1) is 30.6. The maximum absolute atomic E-state index is 6.61. The highest BCUT2D eigenvalue weighted by Gasteiger charge is 2.17. The van der Waals surface area contributed by atoms with E-state index in [0.717, 1.165) is 77.2 Å². The van der Waals surface area contributed by atoms with Gasteiger partial charge in [0, 0.05) is 27.6 Å². The summed E-state index contributed by atoms with van der Waals surface area (Å²) < 4.78 is 6.61. The fourth-order valence-corrected chi connectivity index (χ4v) is 7.08. The minimum absolute atomic E-state index is 0.599. The Morgan fingerprint density at radius 3 is 1.47 bits per heavy atom. The Morgan fingerprint density at radius 2 is 0.811 bits per heavy atom. The predicted molar refractivity (Wildman–Crippen MR) is 215 cm³/mol. The fraction of sp³-hybridized carbons (Fsp3) is 0. The quantitative estimate of drug-likeness (QED) is 0.164. The van der Waals surface area contributed by atoms with Gasteiger partial charge in [0.1, 0.15) is 5.52 Å². The summed E-state index contributed by atoms with van der Waals surface area (Å²) in [6, 6.07) is 62.4. The molecule has 0 unspecified atom stereocenters. The zero-order valence-electron chi connectivity index (χ0n) is 28.5. The molecule has 0 saturated carbocycles. The standard InChI is InChI=1S/C48H30N4O/c1-4-12-31(13-5-1)35-18-10-20-38(28-35)46-50-45(34-16-8-3-9-17-34)51-47(52-46)39-24-26-41-37(30-39)23-22-33-25-27-42-44(43(33)41)53-48(49-42)40-21-11-19-36(29-40)32-14-6-2-7-15-32/h1-30H. The molecule has 2 heterocycles. The first-order valence-corrected chi connectivity index (χ1v) is 17.6. The van der Waals surface area contributed by atoms with Gasteiger partial charge in [-0.1, -0.05) is 152 Å². The van der Waals surface area contributed by atoms with Crippen LogP contribution in [0.2, 0.25) is 0 Å². The Labute approximate surface area is 305 Å². The normalized spacial score (nSPS) is 11.4. The van der Waals surface area contributed by atoms with Crippen molar-refractivity contribution in [1.29, 1.82) is 0 Å². The molecule has 0 spiro atoms. The van der Waals surface area contributed by atoms with Gasteiger partial charge in [-0.05, 0) is 68.7 Å². The van der Waals surface area contributed by atoms with Crippen LogP contribution in [0.5, 0.6) is 0 Å². The van der Waals surface area contributed by atoms with E-state index >= 15 is 0 Å². The molecule has 10 aromatic rings. The molecule has 10 rings (SSSR count). The van der Waals surface area contributed by atoms with Gasteiger partial charge in [0.15, 0.2) is 23.1 Å². The van der Waals surface area contributed by atoms with Crippen LogP contribution in [0.15, 0.2) is 186 Å². The molecule has 0 N–H and O–H groups in total. The van der Waals surface area contributed by atoms with Crippen LogP contribution in [-0.2, 0) is 0 Å². The number of benzene rings is 8. The Morgan fingerprint density at radius 1 is 0.321 bits per heavy atom. The third-order valence-corrected chi connectivity index (χ3v) is 9.72. The van der Waals surface area contributed by atoms with Gasteiger partial charge in [-0.2, -0.15) is 0 Å². The lowest BCUT2D eigenvalue weighted by molar-refractivity contribution is 0.623. The van der Waals surface area contributed by atoms with E-state index in [1.165, 1.54) is 0 Å². The molecule has 0 fully saturated rings. The summed E-state index contributed by atoms with van der Waals surface area (Å²) in [6.07, 6.45) is 0. The van der Waals surface area contributed by atoms with Gasteiger partial charge in [0.2, 0.25) is 5.89 Å². The average molecular weight is 679 g/mol. The smallest absolute Gasteiger partial charge is 0.227 e. The van der Waals surface area contributed by atoms with Crippen LogP contribution in [0.1, 0.15) is 0 Å². The number of fused-ring (bicyclic) bond motifs is 5. The van der Waals surface area contributed by atoms with E-state index in [0.29, 0.717) is 23.4 Å². The highest BCUT2D eigenvalue weighted by atomic mass is 16.3. The molecule has 0 aliphatic rings. The van der Waals surface area contributed by atoms with E-state index in [2.05, 4.69) is 127 Å². The van der Waals surface area contributed by atoms with Crippen molar-refractivity contribution >= 4 is 32.6 Å². The van der Waals surface area contributed by atoms with Gasteiger partial charge in [0.05, 0.1) is 0 Å². The molecule has 0 saturated heterocycles. The highest BCUT2D eigenvalue weighted by Crippen LogP contribution is 2.37. The Balaban J connectivity index is 1.09. The lowest BCUT2D eigenvalue weighted by Gasteiger charge is -2.11. The van der Waals surface area contributed by atoms with E-state index in [1.54, 1.807) is 0 Å². The first-order valence-electron chi connectivity index (χ1n) is 17.6. The van der Waals surface area contributed by atoms with Crippen molar-refractivity contribution in [3.05, 3.63) is 182 Å². The molecule has 0 amide bonds. The highest BCUT2D eigenvalue weighted by molar-refractivity contribution is 6.18. The summed E-state index contributed by atoms with van der Waals surface area (Å²) in [5.74, 6) is 2.46. The van der Waals surface area contributed by atoms with E-state index in [-0.39, 0.29) is 0 Å². The van der Waals surface area contributed by atoms with Gasteiger partial charge < -0.3 is 4.42 Å².